The van der Waals surface area contributed by atoms with Crippen molar-refractivity contribution in [1.82, 2.24) is 0 Å². The lowest BCUT2D eigenvalue weighted by Gasteiger charge is -1.99. The summed E-state index contributed by atoms with van der Waals surface area (Å²) in [5.74, 6) is 0. The lowest BCUT2D eigenvalue weighted by Crippen LogP contribution is -1.80. The van der Waals surface area contributed by atoms with Crippen molar-refractivity contribution >= 4 is 45.3 Å². The van der Waals surface area contributed by atoms with Crippen molar-refractivity contribution < 1.29 is 0 Å². The van der Waals surface area contributed by atoms with Gasteiger partial charge in [-0.05, 0) is 71.1 Å². The minimum absolute atomic E-state index is 1.17. The van der Waals surface area contributed by atoms with E-state index in [1.165, 1.54) is 66.1 Å². The largest absolute Gasteiger partial charge is 0.143 e. The molecule has 0 saturated heterocycles. The van der Waals surface area contributed by atoms with Gasteiger partial charge < -0.3 is 0 Å². The molecular weight excluding hydrogens is 393 g/mol. The first-order valence-corrected chi connectivity index (χ1v) is 12.5. The van der Waals surface area contributed by atoms with Crippen LogP contribution in [0.25, 0.3) is 29.3 Å². The Bertz CT molecular complexity index is 899. The molecule has 0 radical (unpaired) electrons. The van der Waals surface area contributed by atoms with E-state index in [1.54, 1.807) is 0 Å². The van der Waals surface area contributed by atoms with E-state index in [9.17, 15) is 0 Å². The Labute approximate surface area is 171 Å². The second-order valence-electron chi connectivity index (χ2n) is 6.38. The predicted octanol–water partition coefficient (Wildman–Crippen LogP) is 8.84. The van der Waals surface area contributed by atoms with Gasteiger partial charge in [-0.2, -0.15) is 0 Å². The number of thiophene rings is 4. The lowest BCUT2D eigenvalue weighted by atomic mass is 10.1. The molecule has 0 aliphatic rings. The third-order valence-electron chi connectivity index (χ3n) is 4.43. The van der Waals surface area contributed by atoms with Crippen LogP contribution in [0.1, 0.15) is 37.8 Å². The highest BCUT2D eigenvalue weighted by Crippen LogP contribution is 2.44. The Hall–Kier alpha value is -1.20. The third kappa shape index (κ3) is 3.61. The SMILES string of the molecule is CCCc1ccsc1-c1ccc(-c2ccc(-c3sccc3CCC)s2)s1. The minimum atomic E-state index is 1.17. The molecule has 0 nitrogen and oxygen atoms in total. The fraction of sp³-hybridized carbons (Fsp3) is 0.273. The number of hydrogen-bond donors (Lipinski definition) is 0. The topological polar surface area (TPSA) is 0 Å². The van der Waals surface area contributed by atoms with E-state index >= 15 is 0 Å². The van der Waals surface area contributed by atoms with E-state index in [4.69, 9.17) is 0 Å². The summed E-state index contributed by atoms with van der Waals surface area (Å²) in [6.07, 6.45) is 4.76. The zero-order chi connectivity index (χ0) is 17.9. The molecule has 4 heterocycles. The average Bonchev–Trinajstić information content (AvgIpc) is 3.41. The molecule has 134 valence electrons. The minimum Gasteiger partial charge on any atom is -0.143 e. The molecule has 4 rings (SSSR count). The molecule has 0 aliphatic carbocycles. The zero-order valence-corrected chi connectivity index (χ0v) is 18.3. The first kappa shape index (κ1) is 18.2. The molecule has 0 saturated carbocycles. The normalized spacial score (nSPS) is 11.3. The quantitative estimate of drug-likeness (QED) is 0.283. The van der Waals surface area contributed by atoms with Crippen LogP contribution in [-0.4, -0.2) is 0 Å². The summed E-state index contributed by atoms with van der Waals surface area (Å²) in [6.45, 7) is 4.51. The molecule has 4 aromatic heterocycles. The summed E-state index contributed by atoms with van der Waals surface area (Å²) in [5.41, 5.74) is 3.00. The molecule has 26 heavy (non-hydrogen) atoms. The third-order valence-corrected chi connectivity index (χ3v) is 9.07. The molecule has 0 unspecified atom stereocenters. The van der Waals surface area contributed by atoms with Gasteiger partial charge in [-0.15, -0.1) is 45.3 Å². The lowest BCUT2D eigenvalue weighted by molar-refractivity contribution is 0.928. The van der Waals surface area contributed by atoms with Crippen LogP contribution in [0, 0.1) is 0 Å². The molecule has 4 aromatic rings. The number of rotatable bonds is 7. The number of aryl methyl sites for hydroxylation is 2. The van der Waals surface area contributed by atoms with Crippen LogP contribution in [0.3, 0.4) is 0 Å². The molecule has 0 aromatic carbocycles. The second-order valence-corrected chi connectivity index (χ2v) is 10.4. The van der Waals surface area contributed by atoms with Gasteiger partial charge in [0.05, 0.1) is 0 Å². The smallest absolute Gasteiger partial charge is 0.0474 e. The summed E-state index contributed by atoms with van der Waals surface area (Å²) in [6, 6.07) is 13.8. The zero-order valence-electron chi connectivity index (χ0n) is 15.1. The van der Waals surface area contributed by atoms with Gasteiger partial charge in [0.2, 0.25) is 0 Å². The average molecular weight is 415 g/mol. The van der Waals surface area contributed by atoms with Crippen LogP contribution in [0.15, 0.2) is 47.2 Å². The Morgan fingerprint density at radius 1 is 0.577 bits per heavy atom. The van der Waals surface area contributed by atoms with Gasteiger partial charge in [-0.25, -0.2) is 0 Å². The second kappa shape index (κ2) is 8.22. The highest BCUT2D eigenvalue weighted by atomic mass is 32.1. The van der Waals surface area contributed by atoms with Gasteiger partial charge in [0.25, 0.3) is 0 Å². The van der Waals surface area contributed by atoms with Crippen molar-refractivity contribution in [2.24, 2.45) is 0 Å². The van der Waals surface area contributed by atoms with Crippen molar-refractivity contribution in [3.8, 4) is 29.3 Å². The van der Waals surface area contributed by atoms with Crippen molar-refractivity contribution in [3.05, 3.63) is 58.3 Å². The van der Waals surface area contributed by atoms with Crippen LogP contribution in [0.4, 0.5) is 0 Å². The maximum atomic E-state index is 2.30. The van der Waals surface area contributed by atoms with E-state index < -0.39 is 0 Å². The Kier molecular flexibility index (Phi) is 5.75. The molecule has 0 aliphatic heterocycles. The summed E-state index contributed by atoms with van der Waals surface area (Å²) in [5, 5.41) is 4.46. The van der Waals surface area contributed by atoms with Gasteiger partial charge in [-0.1, -0.05) is 26.7 Å². The van der Waals surface area contributed by atoms with Crippen LogP contribution in [0.5, 0.6) is 0 Å². The van der Waals surface area contributed by atoms with Crippen molar-refractivity contribution in [2.75, 3.05) is 0 Å². The fourth-order valence-corrected chi connectivity index (χ4v) is 7.56. The van der Waals surface area contributed by atoms with Gasteiger partial charge in [0.15, 0.2) is 0 Å². The molecule has 0 spiro atoms. The predicted molar refractivity (Wildman–Crippen MR) is 122 cm³/mol. The monoisotopic (exact) mass is 414 g/mol. The van der Waals surface area contributed by atoms with Gasteiger partial charge in [0.1, 0.15) is 0 Å². The molecule has 4 heteroatoms. The van der Waals surface area contributed by atoms with Crippen molar-refractivity contribution in [3.63, 3.8) is 0 Å². The number of hydrogen-bond acceptors (Lipinski definition) is 4. The van der Waals surface area contributed by atoms with Gasteiger partial charge in [-0.3, -0.25) is 0 Å². The molecule has 0 fully saturated rings. The maximum absolute atomic E-state index is 2.30. The Morgan fingerprint density at radius 2 is 1.00 bits per heavy atom. The van der Waals surface area contributed by atoms with E-state index in [-0.39, 0.29) is 0 Å². The Morgan fingerprint density at radius 3 is 1.42 bits per heavy atom. The van der Waals surface area contributed by atoms with Crippen molar-refractivity contribution in [1.29, 1.82) is 0 Å². The van der Waals surface area contributed by atoms with Crippen LogP contribution in [-0.2, 0) is 12.8 Å². The van der Waals surface area contributed by atoms with Gasteiger partial charge in [0, 0.05) is 29.3 Å². The van der Waals surface area contributed by atoms with E-state index in [0.717, 1.165) is 0 Å². The highest BCUT2D eigenvalue weighted by Gasteiger charge is 2.13. The fourth-order valence-electron chi connectivity index (χ4n) is 3.22. The first-order valence-electron chi connectivity index (χ1n) is 9.13. The van der Waals surface area contributed by atoms with Crippen molar-refractivity contribution in [2.45, 2.75) is 39.5 Å². The summed E-state index contributed by atoms with van der Waals surface area (Å²) in [4.78, 5) is 8.53. The molecule has 0 amide bonds. The molecule has 0 N–H and O–H groups in total. The molecule has 0 atom stereocenters. The van der Waals surface area contributed by atoms with Crippen LogP contribution < -0.4 is 0 Å². The molecular formula is C22H22S4. The van der Waals surface area contributed by atoms with E-state index in [2.05, 4.69) is 61.0 Å². The van der Waals surface area contributed by atoms with E-state index in [0.29, 0.717) is 0 Å². The van der Waals surface area contributed by atoms with E-state index in [1.807, 2.05) is 45.3 Å². The Balaban J connectivity index is 1.62. The summed E-state index contributed by atoms with van der Waals surface area (Å²) >= 11 is 7.62. The van der Waals surface area contributed by atoms with Crippen LogP contribution in [0.2, 0.25) is 0 Å². The maximum Gasteiger partial charge on any atom is 0.0474 e. The van der Waals surface area contributed by atoms with Crippen LogP contribution >= 0.6 is 45.3 Å². The summed E-state index contributed by atoms with van der Waals surface area (Å²) in [7, 11) is 0. The standard InChI is InChI=1S/C22H22S4/c1-3-5-15-11-13-23-21(15)19-9-7-17(25-19)18-8-10-20(26-18)22-16(6-4-2)12-14-24-22/h7-14H,3-6H2,1-2H3. The molecule has 0 bridgehead atoms. The summed E-state index contributed by atoms with van der Waals surface area (Å²) < 4.78 is 0. The highest BCUT2D eigenvalue weighted by molar-refractivity contribution is 7.28. The first-order chi connectivity index (χ1) is 12.8. The van der Waals surface area contributed by atoms with Gasteiger partial charge >= 0.3 is 0 Å².